The average molecular weight is 255 g/mol. The first-order chi connectivity index (χ1) is 8.86. The van der Waals surface area contributed by atoms with E-state index >= 15 is 0 Å². The van der Waals surface area contributed by atoms with Crippen molar-refractivity contribution < 1.29 is 0 Å². The van der Waals surface area contributed by atoms with Crippen LogP contribution in [-0.2, 0) is 19.4 Å². The average Bonchev–Trinajstić information content (AvgIpc) is 3.05. The predicted molar refractivity (Wildman–Crippen MR) is 72.6 cm³/mol. The number of anilines is 1. The highest BCUT2D eigenvalue weighted by Crippen LogP contribution is 2.25. The number of fused-ring (bicyclic) bond motifs is 1. The Hall–Kier alpha value is -1.86. The number of nitrogens with zero attached hydrogens (tertiary/aromatic N) is 2. The lowest BCUT2D eigenvalue weighted by Gasteiger charge is -2.08. The van der Waals surface area contributed by atoms with Crippen molar-refractivity contribution in [2.45, 2.75) is 25.8 Å². The quantitative estimate of drug-likeness (QED) is 0.916. The Morgan fingerprint density at radius 3 is 3.17 bits per heavy atom. The number of pyridine rings is 1. The Morgan fingerprint density at radius 1 is 1.44 bits per heavy atom. The largest absolute Gasteiger partial charge is 0.365 e. The summed E-state index contributed by atoms with van der Waals surface area (Å²) >= 11 is 1.68. The molecule has 1 aliphatic rings. The summed E-state index contributed by atoms with van der Waals surface area (Å²) < 4.78 is 0. The van der Waals surface area contributed by atoms with E-state index in [0.29, 0.717) is 5.56 Å². The smallest absolute Gasteiger partial charge is 0.144 e. The van der Waals surface area contributed by atoms with Gasteiger partial charge in [0.15, 0.2) is 0 Å². The molecule has 3 rings (SSSR count). The van der Waals surface area contributed by atoms with Gasteiger partial charge in [-0.25, -0.2) is 4.98 Å². The van der Waals surface area contributed by atoms with Crippen LogP contribution in [0.2, 0.25) is 0 Å². The molecule has 0 saturated carbocycles. The first-order valence-corrected chi connectivity index (χ1v) is 6.99. The fraction of sp³-hybridized carbons (Fsp3) is 0.286. The van der Waals surface area contributed by atoms with Crippen molar-refractivity contribution >= 4 is 17.2 Å². The lowest BCUT2D eigenvalue weighted by Crippen LogP contribution is -2.05. The van der Waals surface area contributed by atoms with Crippen molar-refractivity contribution in [3.8, 4) is 6.07 Å². The van der Waals surface area contributed by atoms with E-state index in [4.69, 9.17) is 0 Å². The zero-order chi connectivity index (χ0) is 12.4. The first-order valence-electron chi connectivity index (χ1n) is 6.04. The molecule has 4 heteroatoms. The SMILES string of the molecule is N#Cc1cc2c(nc1NCc1ccsc1)CCC2. The summed E-state index contributed by atoms with van der Waals surface area (Å²) in [4.78, 5) is 4.59. The lowest BCUT2D eigenvalue weighted by atomic mass is 10.1. The van der Waals surface area contributed by atoms with E-state index in [1.54, 1.807) is 11.3 Å². The molecule has 2 aromatic rings. The number of rotatable bonds is 3. The molecule has 0 spiro atoms. The summed E-state index contributed by atoms with van der Waals surface area (Å²) in [5.74, 6) is 0.726. The van der Waals surface area contributed by atoms with Crippen LogP contribution in [-0.4, -0.2) is 4.98 Å². The standard InChI is InChI=1S/C14H13N3S/c15-7-12-6-11-2-1-3-13(11)17-14(12)16-8-10-4-5-18-9-10/h4-6,9H,1-3,8H2,(H,16,17). The Morgan fingerprint density at radius 2 is 2.39 bits per heavy atom. The highest BCUT2D eigenvalue weighted by molar-refractivity contribution is 7.07. The second kappa shape index (κ2) is 4.79. The monoisotopic (exact) mass is 255 g/mol. The highest BCUT2D eigenvalue weighted by atomic mass is 32.1. The molecule has 2 aromatic heterocycles. The van der Waals surface area contributed by atoms with Gasteiger partial charge in [0, 0.05) is 12.2 Å². The summed E-state index contributed by atoms with van der Waals surface area (Å²) in [6.07, 6.45) is 3.25. The molecule has 1 aliphatic carbocycles. The second-order valence-corrected chi connectivity index (χ2v) is 5.22. The molecule has 0 radical (unpaired) electrons. The maximum Gasteiger partial charge on any atom is 0.144 e. The van der Waals surface area contributed by atoms with E-state index in [-0.39, 0.29) is 0 Å². The molecule has 3 nitrogen and oxygen atoms in total. The summed E-state index contributed by atoms with van der Waals surface area (Å²) in [7, 11) is 0. The van der Waals surface area contributed by atoms with Crippen LogP contribution in [0.15, 0.2) is 22.9 Å². The Labute approximate surface area is 110 Å². The van der Waals surface area contributed by atoms with Crippen LogP contribution in [0.3, 0.4) is 0 Å². The van der Waals surface area contributed by atoms with Crippen LogP contribution in [0, 0.1) is 11.3 Å². The molecule has 1 N–H and O–H groups in total. The molecular weight excluding hydrogens is 242 g/mol. The number of hydrogen-bond acceptors (Lipinski definition) is 4. The van der Waals surface area contributed by atoms with Gasteiger partial charge < -0.3 is 5.32 Å². The van der Waals surface area contributed by atoms with Crippen LogP contribution in [0.25, 0.3) is 0 Å². The maximum atomic E-state index is 9.18. The molecule has 0 aromatic carbocycles. The van der Waals surface area contributed by atoms with Crippen molar-refractivity contribution in [1.29, 1.82) is 5.26 Å². The third-order valence-electron chi connectivity index (χ3n) is 3.21. The first kappa shape index (κ1) is 11.2. The van der Waals surface area contributed by atoms with E-state index in [0.717, 1.165) is 37.3 Å². The predicted octanol–water partition coefficient (Wildman–Crippen LogP) is 3.12. The van der Waals surface area contributed by atoms with Crippen molar-refractivity contribution in [1.82, 2.24) is 4.98 Å². The molecule has 0 atom stereocenters. The van der Waals surface area contributed by atoms with Gasteiger partial charge in [-0.2, -0.15) is 16.6 Å². The molecule has 2 heterocycles. The van der Waals surface area contributed by atoms with Crippen LogP contribution in [0.5, 0.6) is 0 Å². The number of nitriles is 1. The molecule has 18 heavy (non-hydrogen) atoms. The van der Waals surface area contributed by atoms with Crippen molar-refractivity contribution in [3.05, 3.63) is 45.3 Å². The number of aryl methyl sites for hydroxylation is 2. The van der Waals surface area contributed by atoms with E-state index in [9.17, 15) is 5.26 Å². The number of hydrogen-bond donors (Lipinski definition) is 1. The lowest BCUT2D eigenvalue weighted by molar-refractivity contribution is 0.899. The second-order valence-electron chi connectivity index (χ2n) is 4.44. The maximum absolute atomic E-state index is 9.18. The number of aromatic nitrogens is 1. The van der Waals surface area contributed by atoms with E-state index in [1.165, 1.54) is 11.1 Å². The molecule has 0 aliphatic heterocycles. The van der Waals surface area contributed by atoms with Crippen LogP contribution in [0.1, 0.15) is 28.8 Å². The summed E-state index contributed by atoms with van der Waals surface area (Å²) in [5, 5.41) is 16.6. The Bertz CT molecular complexity index is 596. The zero-order valence-electron chi connectivity index (χ0n) is 9.94. The topological polar surface area (TPSA) is 48.7 Å². The van der Waals surface area contributed by atoms with Crippen LogP contribution < -0.4 is 5.32 Å². The minimum Gasteiger partial charge on any atom is -0.365 e. The summed E-state index contributed by atoms with van der Waals surface area (Å²) in [6.45, 7) is 0.726. The van der Waals surface area contributed by atoms with Gasteiger partial charge in [0.2, 0.25) is 0 Å². The Balaban J connectivity index is 1.85. The van der Waals surface area contributed by atoms with E-state index < -0.39 is 0 Å². The van der Waals surface area contributed by atoms with E-state index in [2.05, 4.69) is 33.2 Å². The van der Waals surface area contributed by atoms with Crippen molar-refractivity contribution in [2.75, 3.05) is 5.32 Å². The fourth-order valence-electron chi connectivity index (χ4n) is 2.27. The molecule has 0 fully saturated rings. The van der Waals surface area contributed by atoms with Gasteiger partial charge in [-0.15, -0.1) is 0 Å². The van der Waals surface area contributed by atoms with Gasteiger partial charge in [-0.1, -0.05) is 0 Å². The molecule has 90 valence electrons. The zero-order valence-corrected chi connectivity index (χ0v) is 10.8. The molecule has 0 bridgehead atoms. The summed E-state index contributed by atoms with van der Waals surface area (Å²) in [6, 6.07) is 6.30. The molecular formula is C14H13N3S. The normalized spacial score (nSPS) is 13.1. The van der Waals surface area contributed by atoms with Gasteiger partial charge in [-0.05, 0) is 53.3 Å². The van der Waals surface area contributed by atoms with Gasteiger partial charge in [-0.3, -0.25) is 0 Å². The molecule has 0 amide bonds. The molecule has 0 saturated heterocycles. The van der Waals surface area contributed by atoms with Crippen molar-refractivity contribution in [2.24, 2.45) is 0 Å². The fourth-order valence-corrected chi connectivity index (χ4v) is 2.94. The molecule has 0 unspecified atom stereocenters. The van der Waals surface area contributed by atoms with Crippen molar-refractivity contribution in [3.63, 3.8) is 0 Å². The minimum absolute atomic E-state index is 0.658. The highest BCUT2D eigenvalue weighted by Gasteiger charge is 2.16. The van der Waals surface area contributed by atoms with Gasteiger partial charge in [0.25, 0.3) is 0 Å². The summed E-state index contributed by atoms with van der Waals surface area (Å²) in [5.41, 5.74) is 4.28. The van der Waals surface area contributed by atoms with E-state index in [1.807, 2.05) is 6.07 Å². The van der Waals surface area contributed by atoms with Crippen LogP contribution >= 0.6 is 11.3 Å². The number of nitrogens with one attached hydrogen (secondary N) is 1. The minimum atomic E-state index is 0.658. The van der Waals surface area contributed by atoms with Gasteiger partial charge in [0.1, 0.15) is 11.9 Å². The van der Waals surface area contributed by atoms with Crippen LogP contribution in [0.4, 0.5) is 5.82 Å². The van der Waals surface area contributed by atoms with Gasteiger partial charge in [0.05, 0.1) is 5.56 Å². The Kier molecular flexibility index (Phi) is 2.99. The third kappa shape index (κ3) is 2.09. The number of thiophene rings is 1. The third-order valence-corrected chi connectivity index (χ3v) is 3.94. The van der Waals surface area contributed by atoms with Gasteiger partial charge >= 0.3 is 0 Å².